The molecule has 1 nitrogen and oxygen atoms in total. The highest BCUT2D eigenvalue weighted by Gasteiger charge is 2.01. The summed E-state index contributed by atoms with van der Waals surface area (Å²) in [6.07, 6.45) is 12.0. The van der Waals surface area contributed by atoms with Gasteiger partial charge in [0.25, 0.3) is 0 Å². The summed E-state index contributed by atoms with van der Waals surface area (Å²) in [7, 11) is 0. The van der Waals surface area contributed by atoms with E-state index in [1.807, 2.05) is 0 Å². The third-order valence-corrected chi connectivity index (χ3v) is 2.20. The molecule has 1 atom stereocenters. The Morgan fingerprint density at radius 2 is 1.77 bits per heavy atom. The first-order chi connectivity index (χ1) is 6.31. The second kappa shape index (κ2) is 9.79. The first-order valence-electron chi connectivity index (χ1n) is 5.64. The van der Waals surface area contributed by atoms with Crippen molar-refractivity contribution in [2.45, 2.75) is 64.9 Å². The summed E-state index contributed by atoms with van der Waals surface area (Å²) in [5.41, 5.74) is 0. The highest BCUT2D eigenvalue weighted by molar-refractivity contribution is 4.80. The topological polar surface area (TPSA) is 20.2 Å². The predicted octanol–water partition coefficient (Wildman–Crippen LogP) is 3.67. The van der Waals surface area contributed by atoms with E-state index in [0.717, 1.165) is 38.5 Å². The van der Waals surface area contributed by atoms with Crippen LogP contribution < -0.4 is 0 Å². The van der Waals surface area contributed by atoms with Gasteiger partial charge in [-0.05, 0) is 32.1 Å². The summed E-state index contributed by atoms with van der Waals surface area (Å²) in [5, 5.41) is 9.51. The van der Waals surface area contributed by atoms with E-state index in [0.29, 0.717) is 0 Å². The van der Waals surface area contributed by atoms with Crippen molar-refractivity contribution in [3.63, 3.8) is 0 Å². The van der Waals surface area contributed by atoms with Crippen LogP contribution in [0.25, 0.3) is 0 Å². The third kappa shape index (κ3) is 9.62. The quantitative estimate of drug-likeness (QED) is 0.451. The van der Waals surface area contributed by atoms with Crippen molar-refractivity contribution in [3.8, 4) is 0 Å². The fraction of sp³-hybridized carbons (Fsp3) is 0.833. The maximum Gasteiger partial charge on any atom is 0.0540 e. The summed E-state index contributed by atoms with van der Waals surface area (Å²) in [6.45, 7) is 4.31. The van der Waals surface area contributed by atoms with Gasteiger partial charge in [-0.3, -0.25) is 0 Å². The molecule has 0 aromatic heterocycles. The van der Waals surface area contributed by atoms with E-state index >= 15 is 0 Å². The van der Waals surface area contributed by atoms with Crippen molar-refractivity contribution in [1.29, 1.82) is 0 Å². The largest absolute Gasteiger partial charge is 0.393 e. The maximum atomic E-state index is 9.51. The minimum absolute atomic E-state index is 0.0602. The van der Waals surface area contributed by atoms with Crippen LogP contribution in [-0.2, 0) is 0 Å². The Hall–Kier alpha value is -0.300. The van der Waals surface area contributed by atoms with Gasteiger partial charge in [0.15, 0.2) is 0 Å². The van der Waals surface area contributed by atoms with Crippen molar-refractivity contribution < 1.29 is 5.11 Å². The van der Waals surface area contributed by atoms with Gasteiger partial charge in [0, 0.05) is 0 Å². The zero-order valence-electron chi connectivity index (χ0n) is 9.13. The standard InChI is InChI=1S/C12H24O/c1-3-5-7-8-9-11-12(13)10-6-4-2/h5,7,12-13H,3-4,6,8-11H2,1-2H3. The minimum atomic E-state index is -0.0602. The van der Waals surface area contributed by atoms with Gasteiger partial charge >= 0.3 is 0 Å². The van der Waals surface area contributed by atoms with Crippen molar-refractivity contribution in [1.82, 2.24) is 0 Å². The van der Waals surface area contributed by atoms with Gasteiger partial charge in [-0.25, -0.2) is 0 Å². The Bertz CT molecular complexity index is 118. The summed E-state index contributed by atoms with van der Waals surface area (Å²) in [5.74, 6) is 0. The van der Waals surface area contributed by atoms with E-state index < -0.39 is 0 Å². The van der Waals surface area contributed by atoms with E-state index in [4.69, 9.17) is 0 Å². The van der Waals surface area contributed by atoms with E-state index in [1.165, 1.54) is 6.42 Å². The molecule has 13 heavy (non-hydrogen) atoms. The molecule has 0 spiro atoms. The predicted molar refractivity (Wildman–Crippen MR) is 58.8 cm³/mol. The second-order valence-electron chi connectivity index (χ2n) is 3.61. The van der Waals surface area contributed by atoms with E-state index in [2.05, 4.69) is 26.0 Å². The van der Waals surface area contributed by atoms with Gasteiger partial charge in [0.05, 0.1) is 6.10 Å². The van der Waals surface area contributed by atoms with Gasteiger partial charge in [0.2, 0.25) is 0 Å². The average Bonchev–Trinajstić information content (AvgIpc) is 2.14. The number of unbranched alkanes of at least 4 members (excludes halogenated alkanes) is 2. The van der Waals surface area contributed by atoms with Crippen molar-refractivity contribution in [3.05, 3.63) is 12.2 Å². The first kappa shape index (κ1) is 12.7. The van der Waals surface area contributed by atoms with Gasteiger partial charge in [-0.15, -0.1) is 0 Å². The highest BCUT2D eigenvalue weighted by atomic mass is 16.3. The van der Waals surface area contributed by atoms with Crippen molar-refractivity contribution in [2.24, 2.45) is 0 Å². The van der Waals surface area contributed by atoms with Crippen LogP contribution in [0.3, 0.4) is 0 Å². The van der Waals surface area contributed by atoms with E-state index in [9.17, 15) is 5.11 Å². The molecule has 78 valence electrons. The van der Waals surface area contributed by atoms with Crippen molar-refractivity contribution in [2.75, 3.05) is 0 Å². The lowest BCUT2D eigenvalue weighted by Gasteiger charge is -2.07. The SMILES string of the molecule is CCC=CCCCC(O)CCCC. The van der Waals surface area contributed by atoms with Crippen LogP contribution in [0.1, 0.15) is 58.8 Å². The fourth-order valence-electron chi connectivity index (χ4n) is 1.34. The Morgan fingerprint density at radius 1 is 1.08 bits per heavy atom. The normalized spacial score (nSPS) is 13.8. The summed E-state index contributed by atoms with van der Waals surface area (Å²) >= 11 is 0. The molecule has 0 heterocycles. The van der Waals surface area contributed by atoms with Crippen molar-refractivity contribution >= 4 is 0 Å². The smallest absolute Gasteiger partial charge is 0.0540 e. The lowest BCUT2D eigenvalue weighted by Crippen LogP contribution is -2.05. The minimum Gasteiger partial charge on any atom is -0.393 e. The molecule has 0 aromatic carbocycles. The van der Waals surface area contributed by atoms with Crippen LogP contribution in [-0.4, -0.2) is 11.2 Å². The zero-order valence-corrected chi connectivity index (χ0v) is 9.13. The lowest BCUT2D eigenvalue weighted by atomic mass is 10.1. The van der Waals surface area contributed by atoms with Crippen LogP contribution in [0.4, 0.5) is 0 Å². The number of hydrogen-bond acceptors (Lipinski definition) is 1. The maximum absolute atomic E-state index is 9.51. The zero-order chi connectivity index (χ0) is 9.94. The van der Waals surface area contributed by atoms with Gasteiger partial charge in [-0.1, -0.05) is 38.8 Å². The summed E-state index contributed by atoms with van der Waals surface area (Å²) in [6, 6.07) is 0. The molecule has 0 radical (unpaired) electrons. The van der Waals surface area contributed by atoms with Crippen LogP contribution >= 0.6 is 0 Å². The van der Waals surface area contributed by atoms with Gasteiger partial charge < -0.3 is 5.11 Å². The molecule has 0 aliphatic heterocycles. The summed E-state index contributed by atoms with van der Waals surface area (Å²) in [4.78, 5) is 0. The molecule has 0 aliphatic rings. The monoisotopic (exact) mass is 184 g/mol. The number of aliphatic hydroxyl groups is 1. The molecule has 0 fully saturated rings. The molecular formula is C12H24O. The molecule has 0 aromatic rings. The average molecular weight is 184 g/mol. The Balaban J connectivity index is 3.16. The van der Waals surface area contributed by atoms with Gasteiger partial charge in [0.1, 0.15) is 0 Å². The number of aliphatic hydroxyl groups excluding tert-OH is 1. The molecule has 1 heteroatoms. The van der Waals surface area contributed by atoms with E-state index in [-0.39, 0.29) is 6.10 Å². The fourth-order valence-corrected chi connectivity index (χ4v) is 1.34. The van der Waals surface area contributed by atoms with E-state index in [1.54, 1.807) is 0 Å². The third-order valence-electron chi connectivity index (χ3n) is 2.20. The van der Waals surface area contributed by atoms with Crippen LogP contribution in [0.5, 0.6) is 0 Å². The number of hydrogen-bond donors (Lipinski definition) is 1. The molecule has 0 aliphatic carbocycles. The Kier molecular flexibility index (Phi) is 9.56. The van der Waals surface area contributed by atoms with Crippen LogP contribution in [0, 0.1) is 0 Å². The lowest BCUT2D eigenvalue weighted by molar-refractivity contribution is 0.149. The molecule has 0 saturated heterocycles. The number of rotatable bonds is 8. The summed E-state index contributed by atoms with van der Waals surface area (Å²) < 4.78 is 0. The first-order valence-corrected chi connectivity index (χ1v) is 5.64. The van der Waals surface area contributed by atoms with Gasteiger partial charge in [-0.2, -0.15) is 0 Å². The molecule has 0 saturated carbocycles. The molecule has 0 bridgehead atoms. The molecule has 0 rings (SSSR count). The molecule has 1 N–H and O–H groups in total. The number of allylic oxidation sites excluding steroid dienone is 2. The van der Waals surface area contributed by atoms with Crippen LogP contribution in [0.2, 0.25) is 0 Å². The molecular weight excluding hydrogens is 160 g/mol. The Labute approximate surface area is 82.9 Å². The molecule has 1 unspecified atom stereocenters. The highest BCUT2D eigenvalue weighted by Crippen LogP contribution is 2.08. The Morgan fingerprint density at radius 3 is 2.38 bits per heavy atom. The van der Waals surface area contributed by atoms with Crippen LogP contribution in [0.15, 0.2) is 12.2 Å². The molecule has 0 amide bonds. The second-order valence-corrected chi connectivity index (χ2v) is 3.61.